The lowest BCUT2D eigenvalue weighted by atomic mass is 10.1. The highest BCUT2D eigenvalue weighted by atomic mass is 32.2. The number of aromatic nitrogens is 2. The van der Waals surface area contributed by atoms with Gasteiger partial charge in [-0.05, 0) is 26.0 Å². The summed E-state index contributed by atoms with van der Waals surface area (Å²) in [6.07, 6.45) is 1.72. The number of benzene rings is 1. The van der Waals surface area contributed by atoms with Crippen LogP contribution in [0, 0.1) is 0 Å². The molecule has 1 N–H and O–H groups in total. The molecule has 0 bridgehead atoms. The first kappa shape index (κ1) is 19.4. The number of amides is 1. The molecule has 2 aromatic rings. The second-order valence-corrected chi connectivity index (χ2v) is 8.81. The third-order valence-corrected chi connectivity index (χ3v) is 5.78. The highest BCUT2D eigenvalue weighted by Gasteiger charge is 2.31. The van der Waals surface area contributed by atoms with Crippen LogP contribution in [0.15, 0.2) is 24.3 Å². The Labute approximate surface area is 159 Å². The Hall–Kier alpha value is -2.39. The van der Waals surface area contributed by atoms with Crippen molar-refractivity contribution < 1.29 is 17.9 Å². The van der Waals surface area contributed by atoms with Gasteiger partial charge in [0.15, 0.2) is 5.82 Å². The molecule has 0 atom stereocenters. The van der Waals surface area contributed by atoms with Crippen LogP contribution in [0.3, 0.4) is 0 Å². The summed E-state index contributed by atoms with van der Waals surface area (Å²) in [5, 5.41) is 2.84. The highest BCUT2D eigenvalue weighted by Crippen LogP contribution is 2.26. The maximum absolute atomic E-state index is 12.9. The molecular weight excluding hydrogens is 368 g/mol. The van der Waals surface area contributed by atoms with E-state index in [1.807, 2.05) is 18.4 Å². The van der Waals surface area contributed by atoms with Crippen molar-refractivity contribution in [2.45, 2.75) is 32.9 Å². The van der Waals surface area contributed by atoms with Gasteiger partial charge in [-0.15, -0.1) is 0 Å². The second kappa shape index (κ2) is 7.32. The third kappa shape index (κ3) is 3.98. The zero-order valence-electron chi connectivity index (χ0n) is 15.9. The number of nitrogens with zero attached hydrogens (tertiary/aromatic N) is 3. The van der Waals surface area contributed by atoms with Gasteiger partial charge < -0.3 is 14.6 Å². The summed E-state index contributed by atoms with van der Waals surface area (Å²) in [6.45, 7) is 4.54. The Morgan fingerprint density at radius 2 is 2.07 bits per heavy atom. The summed E-state index contributed by atoms with van der Waals surface area (Å²) < 4.78 is 32.2. The maximum Gasteiger partial charge on any atom is 0.291 e. The van der Waals surface area contributed by atoms with E-state index < -0.39 is 10.0 Å². The number of carbonyl (C=O) groups excluding carboxylic acids is 1. The lowest BCUT2D eigenvalue weighted by Crippen LogP contribution is -2.35. The number of imidazole rings is 1. The lowest BCUT2D eigenvalue weighted by Gasteiger charge is -2.25. The molecule has 1 aromatic heterocycles. The molecule has 146 valence electrons. The van der Waals surface area contributed by atoms with Crippen molar-refractivity contribution in [2.75, 3.05) is 25.2 Å². The normalized spacial score (nSPS) is 14.9. The molecule has 1 aliphatic heterocycles. The number of rotatable bonds is 5. The number of ether oxygens (including phenoxy) is 1. The van der Waals surface area contributed by atoms with Crippen molar-refractivity contribution in [3.63, 3.8) is 0 Å². The van der Waals surface area contributed by atoms with E-state index in [1.54, 1.807) is 31.4 Å². The number of hydrogen-bond acceptors (Lipinski definition) is 5. The van der Waals surface area contributed by atoms with Gasteiger partial charge in [-0.25, -0.2) is 13.4 Å². The SMILES string of the molecule is COc1cccc(NC(=O)c2nc3c(n2C(C)C)CCN(S(C)(=O)=O)C3)c1. The Kier molecular flexibility index (Phi) is 5.25. The molecule has 1 amide bonds. The standard InChI is InChI=1S/C18H24N4O4S/c1-12(2)22-16-8-9-21(27(4,24)25)11-15(16)20-17(22)18(23)19-13-6-5-7-14(10-13)26-3/h5-7,10,12H,8-9,11H2,1-4H3,(H,19,23). The molecule has 2 heterocycles. The Bertz CT molecular complexity index is 966. The molecule has 0 saturated carbocycles. The maximum atomic E-state index is 12.9. The topological polar surface area (TPSA) is 93.5 Å². The molecule has 0 aliphatic carbocycles. The summed E-state index contributed by atoms with van der Waals surface area (Å²) in [5.74, 6) is 0.591. The van der Waals surface area contributed by atoms with Gasteiger partial charge in [-0.2, -0.15) is 4.31 Å². The van der Waals surface area contributed by atoms with Crippen LogP contribution >= 0.6 is 0 Å². The van der Waals surface area contributed by atoms with Gasteiger partial charge in [-0.3, -0.25) is 4.79 Å². The number of nitrogens with one attached hydrogen (secondary N) is 1. The smallest absolute Gasteiger partial charge is 0.291 e. The minimum absolute atomic E-state index is 0.0251. The predicted molar refractivity (Wildman–Crippen MR) is 103 cm³/mol. The summed E-state index contributed by atoms with van der Waals surface area (Å²) in [4.78, 5) is 17.4. The number of hydrogen-bond donors (Lipinski definition) is 1. The molecule has 8 nitrogen and oxygen atoms in total. The molecule has 0 saturated heterocycles. The van der Waals surface area contributed by atoms with Crippen molar-refractivity contribution in [3.05, 3.63) is 41.5 Å². The van der Waals surface area contributed by atoms with E-state index in [0.29, 0.717) is 30.1 Å². The number of anilines is 1. The first-order chi connectivity index (χ1) is 12.7. The zero-order valence-corrected chi connectivity index (χ0v) is 16.7. The van der Waals surface area contributed by atoms with E-state index >= 15 is 0 Å². The van der Waals surface area contributed by atoms with Crippen LogP contribution in [-0.2, 0) is 23.0 Å². The molecule has 0 radical (unpaired) electrons. The van der Waals surface area contributed by atoms with Gasteiger partial charge in [0.05, 0.1) is 25.6 Å². The Balaban J connectivity index is 1.93. The van der Waals surface area contributed by atoms with Crippen LogP contribution in [0.5, 0.6) is 5.75 Å². The van der Waals surface area contributed by atoms with Gasteiger partial charge in [0, 0.05) is 36.5 Å². The molecule has 0 unspecified atom stereocenters. The van der Waals surface area contributed by atoms with Crippen LogP contribution in [0.25, 0.3) is 0 Å². The molecule has 0 fully saturated rings. The van der Waals surface area contributed by atoms with Gasteiger partial charge in [0.25, 0.3) is 5.91 Å². The third-order valence-electron chi connectivity index (χ3n) is 4.53. The van der Waals surface area contributed by atoms with Crippen molar-refractivity contribution in [1.29, 1.82) is 0 Å². The molecule has 1 aromatic carbocycles. The van der Waals surface area contributed by atoms with Crippen LogP contribution < -0.4 is 10.1 Å². The largest absolute Gasteiger partial charge is 0.497 e. The van der Waals surface area contributed by atoms with Crippen LogP contribution in [0.2, 0.25) is 0 Å². The monoisotopic (exact) mass is 392 g/mol. The second-order valence-electron chi connectivity index (χ2n) is 6.83. The summed E-state index contributed by atoms with van der Waals surface area (Å²) in [6, 6.07) is 7.11. The minimum atomic E-state index is -3.30. The van der Waals surface area contributed by atoms with Crippen molar-refractivity contribution >= 4 is 21.6 Å². The summed E-state index contributed by atoms with van der Waals surface area (Å²) in [7, 11) is -1.74. The van der Waals surface area contributed by atoms with Crippen molar-refractivity contribution in [2.24, 2.45) is 0 Å². The van der Waals surface area contributed by atoms with E-state index in [0.717, 1.165) is 5.69 Å². The first-order valence-corrected chi connectivity index (χ1v) is 10.6. The van der Waals surface area contributed by atoms with E-state index in [9.17, 15) is 13.2 Å². The number of carbonyl (C=O) groups is 1. The van der Waals surface area contributed by atoms with Crippen molar-refractivity contribution in [3.8, 4) is 5.75 Å². The van der Waals surface area contributed by atoms with Gasteiger partial charge >= 0.3 is 0 Å². The summed E-state index contributed by atoms with van der Waals surface area (Å²) >= 11 is 0. The molecule has 1 aliphatic rings. The van der Waals surface area contributed by atoms with Crippen molar-refractivity contribution in [1.82, 2.24) is 13.9 Å². The number of fused-ring (bicyclic) bond motifs is 1. The van der Waals surface area contributed by atoms with Crippen LogP contribution in [0.4, 0.5) is 5.69 Å². The lowest BCUT2D eigenvalue weighted by molar-refractivity contribution is 0.101. The quantitative estimate of drug-likeness (QED) is 0.840. The average molecular weight is 392 g/mol. The van der Waals surface area contributed by atoms with Gasteiger partial charge in [-0.1, -0.05) is 6.07 Å². The van der Waals surface area contributed by atoms with E-state index in [-0.39, 0.29) is 24.3 Å². The zero-order chi connectivity index (χ0) is 19.8. The van der Waals surface area contributed by atoms with E-state index in [4.69, 9.17) is 4.74 Å². The van der Waals surface area contributed by atoms with Gasteiger partial charge in [0.1, 0.15) is 5.75 Å². The van der Waals surface area contributed by atoms with Crippen LogP contribution in [-0.4, -0.2) is 48.1 Å². The van der Waals surface area contributed by atoms with Crippen LogP contribution in [0.1, 0.15) is 41.9 Å². The number of methoxy groups -OCH3 is 1. The average Bonchev–Trinajstić information content (AvgIpc) is 3.00. The number of sulfonamides is 1. The van der Waals surface area contributed by atoms with Gasteiger partial charge in [0.2, 0.25) is 10.0 Å². The predicted octanol–water partition coefficient (Wildman–Crippen LogP) is 2.04. The fraction of sp³-hybridized carbons (Fsp3) is 0.444. The Morgan fingerprint density at radius 1 is 1.33 bits per heavy atom. The molecular formula is C18H24N4O4S. The van der Waals surface area contributed by atoms with E-state index in [2.05, 4.69) is 10.3 Å². The molecule has 9 heteroatoms. The summed E-state index contributed by atoms with van der Waals surface area (Å²) in [5.41, 5.74) is 2.16. The van der Waals surface area contributed by atoms with E-state index in [1.165, 1.54) is 10.6 Å². The minimum Gasteiger partial charge on any atom is -0.497 e. The fourth-order valence-electron chi connectivity index (χ4n) is 3.27. The fourth-order valence-corrected chi connectivity index (χ4v) is 4.05. The first-order valence-electron chi connectivity index (χ1n) is 8.71. The highest BCUT2D eigenvalue weighted by molar-refractivity contribution is 7.88. The molecule has 27 heavy (non-hydrogen) atoms. The molecule has 3 rings (SSSR count). The Morgan fingerprint density at radius 3 is 2.70 bits per heavy atom. The molecule has 0 spiro atoms.